The first kappa shape index (κ1) is 20.1. The van der Waals surface area contributed by atoms with Gasteiger partial charge in [0.2, 0.25) is 5.91 Å². The smallest absolute Gasteiger partial charge is 0.261 e. The van der Waals surface area contributed by atoms with Crippen LogP contribution in [0.3, 0.4) is 0 Å². The number of amides is 1. The minimum atomic E-state index is -3.15. The maximum absolute atomic E-state index is 13.1. The van der Waals surface area contributed by atoms with Crippen molar-refractivity contribution in [3.8, 4) is 0 Å². The predicted molar refractivity (Wildman–Crippen MR) is 113 cm³/mol. The zero-order valence-electron chi connectivity index (χ0n) is 15.3. The molecule has 10 heteroatoms. The molecule has 1 aliphatic heterocycles. The zero-order chi connectivity index (χ0) is 20.6. The van der Waals surface area contributed by atoms with Gasteiger partial charge in [0.25, 0.3) is 5.56 Å². The van der Waals surface area contributed by atoms with Crippen molar-refractivity contribution in [2.24, 2.45) is 0 Å². The number of carbonyl (C=O) groups is 1. The number of fused-ring (bicyclic) bond motifs is 1. The van der Waals surface area contributed by atoms with Crippen LogP contribution in [0.2, 0.25) is 5.02 Å². The summed E-state index contributed by atoms with van der Waals surface area (Å²) >= 11 is 7.49. The summed E-state index contributed by atoms with van der Waals surface area (Å²) in [4.78, 5) is 32.7. The van der Waals surface area contributed by atoms with Gasteiger partial charge in [-0.1, -0.05) is 17.7 Å². The molecule has 0 N–H and O–H groups in total. The van der Waals surface area contributed by atoms with E-state index < -0.39 is 15.9 Å². The second-order valence-corrected chi connectivity index (χ2v) is 10.7. The van der Waals surface area contributed by atoms with Gasteiger partial charge < -0.3 is 4.90 Å². The van der Waals surface area contributed by atoms with Crippen molar-refractivity contribution in [2.45, 2.75) is 25.6 Å². The van der Waals surface area contributed by atoms with E-state index in [9.17, 15) is 18.0 Å². The van der Waals surface area contributed by atoms with E-state index in [1.54, 1.807) is 17.0 Å². The Morgan fingerprint density at radius 3 is 2.86 bits per heavy atom. The third-order valence-corrected chi connectivity index (χ3v) is 7.81. The fraction of sp³-hybridized carbons (Fsp3) is 0.316. The second-order valence-electron chi connectivity index (χ2n) is 7.00. The molecule has 1 saturated heterocycles. The van der Waals surface area contributed by atoms with Crippen molar-refractivity contribution in [3.05, 3.63) is 62.3 Å². The number of hydrogen-bond donors (Lipinski definition) is 0. The number of sulfone groups is 1. The van der Waals surface area contributed by atoms with Gasteiger partial charge in [-0.15, -0.1) is 11.3 Å². The Kier molecular flexibility index (Phi) is 5.46. The summed E-state index contributed by atoms with van der Waals surface area (Å²) < 4.78 is 25.1. The molecule has 1 atom stereocenters. The highest BCUT2D eigenvalue weighted by molar-refractivity contribution is 7.91. The molecule has 0 bridgehead atoms. The monoisotopic (exact) mass is 451 g/mol. The van der Waals surface area contributed by atoms with E-state index in [-0.39, 0.29) is 29.5 Å². The molecule has 152 valence electrons. The maximum atomic E-state index is 13.1. The van der Waals surface area contributed by atoms with Crippen LogP contribution in [0.1, 0.15) is 11.3 Å². The molecule has 7 nitrogen and oxygen atoms in total. The third kappa shape index (κ3) is 4.36. The third-order valence-electron chi connectivity index (χ3n) is 4.97. The molecule has 29 heavy (non-hydrogen) atoms. The summed E-state index contributed by atoms with van der Waals surface area (Å²) in [5.41, 5.74) is 0.140. The number of benzene rings is 1. The van der Waals surface area contributed by atoms with Crippen molar-refractivity contribution in [3.63, 3.8) is 0 Å². The molecular formula is C19H18ClN3O4S2. The van der Waals surface area contributed by atoms with Crippen molar-refractivity contribution in [1.29, 1.82) is 0 Å². The lowest BCUT2D eigenvalue weighted by Crippen LogP contribution is -2.43. The molecule has 2 aromatic heterocycles. The van der Waals surface area contributed by atoms with E-state index in [1.165, 1.54) is 28.3 Å². The summed E-state index contributed by atoms with van der Waals surface area (Å²) in [6.45, 7) is 0.106. The SMILES string of the molecule is O=C(Cn1cnc2ccc(Cl)cc2c1=O)N(Cc1cccs1)C1CCS(=O)(=O)C1. The van der Waals surface area contributed by atoms with Gasteiger partial charge in [-0.25, -0.2) is 13.4 Å². The first-order valence-corrected chi connectivity index (χ1v) is 12.1. The minimum Gasteiger partial charge on any atom is -0.332 e. The molecule has 1 amide bonds. The largest absolute Gasteiger partial charge is 0.332 e. The lowest BCUT2D eigenvalue weighted by atomic mass is 10.2. The van der Waals surface area contributed by atoms with Crippen LogP contribution in [0.4, 0.5) is 0 Å². The van der Waals surface area contributed by atoms with Crippen molar-refractivity contribution in [1.82, 2.24) is 14.5 Å². The van der Waals surface area contributed by atoms with Gasteiger partial charge >= 0.3 is 0 Å². The lowest BCUT2D eigenvalue weighted by molar-refractivity contribution is -0.134. The maximum Gasteiger partial charge on any atom is 0.261 e. The van der Waals surface area contributed by atoms with Crippen LogP contribution < -0.4 is 5.56 Å². The number of aromatic nitrogens is 2. The van der Waals surface area contributed by atoms with Gasteiger partial charge in [0.1, 0.15) is 6.54 Å². The molecule has 1 aliphatic rings. The molecule has 1 aromatic carbocycles. The molecule has 0 aliphatic carbocycles. The number of hydrogen-bond acceptors (Lipinski definition) is 6. The molecule has 0 saturated carbocycles. The lowest BCUT2D eigenvalue weighted by Gasteiger charge is -2.28. The minimum absolute atomic E-state index is 0.0510. The first-order chi connectivity index (χ1) is 13.8. The van der Waals surface area contributed by atoms with Gasteiger partial charge in [0, 0.05) is 15.9 Å². The Morgan fingerprint density at radius 2 is 2.17 bits per heavy atom. The summed E-state index contributed by atoms with van der Waals surface area (Å²) in [7, 11) is -3.15. The molecule has 1 fully saturated rings. The quantitative estimate of drug-likeness (QED) is 0.594. The number of nitrogens with zero attached hydrogens (tertiary/aromatic N) is 3. The Hall–Kier alpha value is -2.23. The molecule has 4 rings (SSSR count). The molecule has 1 unspecified atom stereocenters. The summed E-state index contributed by atoms with van der Waals surface area (Å²) in [6.07, 6.45) is 1.74. The fourth-order valence-corrected chi connectivity index (χ4v) is 6.10. The van der Waals surface area contributed by atoms with Crippen LogP contribution in [0.15, 0.2) is 46.8 Å². The second kappa shape index (κ2) is 7.89. The highest BCUT2D eigenvalue weighted by Crippen LogP contribution is 2.22. The van der Waals surface area contributed by atoms with E-state index in [2.05, 4.69) is 4.98 Å². The van der Waals surface area contributed by atoms with Gasteiger partial charge in [0.15, 0.2) is 9.84 Å². The molecular weight excluding hydrogens is 434 g/mol. The van der Waals surface area contributed by atoms with E-state index in [1.807, 2.05) is 17.5 Å². The molecule has 0 radical (unpaired) electrons. The topological polar surface area (TPSA) is 89.3 Å². The normalized spacial score (nSPS) is 18.2. The Balaban J connectivity index is 1.63. The summed E-state index contributed by atoms with van der Waals surface area (Å²) in [5, 5.41) is 2.65. The van der Waals surface area contributed by atoms with Crippen LogP contribution in [0.5, 0.6) is 0 Å². The van der Waals surface area contributed by atoms with Crippen LogP contribution in [-0.4, -0.2) is 46.3 Å². The van der Waals surface area contributed by atoms with Gasteiger partial charge in [-0.2, -0.15) is 0 Å². The van der Waals surface area contributed by atoms with Crippen LogP contribution in [-0.2, 0) is 27.7 Å². The van der Waals surface area contributed by atoms with Crippen molar-refractivity contribution in [2.75, 3.05) is 11.5 Å². The first-order valence-electron chi connectivity index (χ1n) is 8.99. The average molecular weight is 452 g/mol. The Labute approximate surface area is 176 Å². The number of thiophene rings is 1. The zero-order valence-corrected chi connectivity index (χ0v) is 17.7. The molecule has 3 heterocycles. The van der Waals surface area contributed by atoms with Crippen LogP contribution in [0, 0.1) is 0 Å². The van der Waals surface area contributed by atoms with Gasteiger partial charge in [0.05, 0.1) is 35.3 Å². The van der Waals surface area contributed by atoms with Crippen LogP contribution >= 0.6 is 22.9 Å². The van der Waals surface area contributed by atoms with Gasteiger partial charge in [-0.05, 0) is 36.1 Å². The predicted octanol–water partition coefficient (Wildman–Crippen LogP) is 2.33. The van der Waals surface area contributed by atoms with Crippen LogP contribution in [0.25, 0.3) is 10.9 Å². The Bertz CT molecular complexity index is 1220. The van der Waals surface area contributed by atoms with Crippen molar-refractivity contribution < 1.29 is 13.2 Å². The standard InChI is InChI=1S/C19H18ClN3O4S2/c20-13-3-4-17-16(8-13)19(25)22(12-21-17)10-18(24)23(9-15-2-1-6-28-15)14-5-7-29(26,27)11-14/h1-4,6,8,12,14H,5,7,9-11H2. The highest BCUT2D eigenvalue weighted by Gasteiger charge is 2.35. The highest BCUT2D eigenvalue weighted by atomic mass is 35.5. The molecule has 0 spiro atoms. The van der Waals surface area contributed by atoms with E-state index in [0.29, 0.717) is 28.9 Å². The number of carbonyl (C=O) groups excluding carboxylic acids is 1. The van der Waals surface area contributed by atoms with E-state index >= 15 is 0 Å². The number of rotatable bonds is 5. The van der Waals surface area contributed by atoms with Crippen molar-refractivity contribution >= 4 is 49.6 Å². The van der Waals surface area contributed by atoms with E-state index in [0.717, 1.165) is 4.88 Å². The van der Waals surface area contributed by atoms with E-state index in [4.69, 9.17) is 11.6 Å². The van der Waals surface area contributed by atoms with Gasteiger partial charge in [-0.3, -0.25) is 14.2 Å². The number of halogens is 1. The fourth-order valence-electron chi connectivity index (χ4n) is 3.49. The molecule has 3 aromatic rings. The average Bonchev–Trinajstić information content (AvgIpc) is 3.31. The summed E-state index contributed by atoms with van der Waals surface area (Å²) in [5.74, 6) is -0.294. The Morgan fingerprint density at radius 1 is 1.34 bits per heavy atom. The summed E-state index contributed by atoms with van der Waals surface area (Å²) in [6, 6.07) is 8.22.